The smallest absolute Gasteiger partial charge is 0.332 e. The van der Waals surface area contributed by atoms with Crippen molar-refractivity contribution in [1.82, 2.24) is 5.32 Å². The number of hydrogen-bond acceptors (Lipinski definition) is 5. The first-order valence-corrected chi connectivity index (χ1v) is 7.32. The molecule has 1 aliphatic rings. The standard InChI is InChI=1S/C14H27NO4/c1-2-19-14(17)11-18-8-7-15-9-12-5-3-4-6-13(12)10-16/h12-13,15-16H,2-11H2,1H3. The van der Waals surface area contributed by atoms with E-state index in [1.165, 1.54) is 19.3 Å². The molecular weight excluding hydrogens is 246 g/mol. The lowest BCUT2D eigenvalue weighted by molar-refractivity contribution is -0.148. The molecule has 0 aromatic carbocycles. The van der Waals surface area contributed by atoms with Crippen molar-refractivity contribution in [3.63, 3.8) is 0 Å². The molecule has 5 nitrogen and oxygen atoms in total. The fourth-order valence-electron chi connectivity index (χ4n) is 2.58. The maximum absolute atomic E-state index is 11.0. The van der Waals surface area contributed by atoms with Crippen LogP contribution < -0.4 is 5.32 Å². The fourth-order valence-corrected chi connectivity index (χ4v) is 2.58. The Hall–Kier alpha value is -0.650. The molecule has 2 N–H and O–H groups in total. The van der Waals surface area contributed by atoms with Gasteiger partial charge in [0.15, 0.2) is 0 Å². The van der Waals surface area contributed by atoms with E-state index in [-0.39, 0.29) is 12.6 Å². The molecule has 1 rings (SSSR count). The number of carbonyl (C=O) groups excluding carboxylic acids is 1. The van der Waals surface area contributed by atoms with Crippen molar-refractivity contribution in [2.45, 2.75) is 32.6 Å². The number of ether oxygens (including phenoxy) is 2. The summed E-state index contributed by atoms with van der Waals surface area (Å²) in [7, 11) is 0. The van der Waals surface area contributed by atoms with Gasteiger partial charge >= 0.3 is 5.97 Å². The number of carbonyl (C=O) groups is 1. The third-order valence-corrected chi connectivity index (χ3v) is 3.66. The predicted octanol–water partition coefficient (Wildman–Crippen LogP) is 0.954. The molecule has 112 valence electrons. The molecule has 2 atom stereocenters. The summed E-state index contributed by atoms with van der Waals surface area (Å²) >= 11 is 0. The van der Waals surface area contributed by atoms with E-state index in [1.54, 1.807) is 6.92 Å². The van der Waals surface area contributed by atoms with Crippen molar-refractivity contribution >= 4 is 5.97 Å². The van der Waals surface area contributed by atoms with Crippen molar-refractivity contribution in [1.29, 1.82) is 0 Å². The van der Waals surface area contributed by atoms with Crippen LogP contribution in [0, 0.1) is 11.8 Å². The van der Waals surface area contributed by atoms with Crippen molar-refractivity contribution in [3.05, 3.63) is 0 Å². The third-order valence-electron chi connectivity index (χ3n) is 3.66. The summed E-state index contributed by atoms with van der Waals surface area (Å²) in [5.74, 6) is 0.709. The lowest BCUT2D eigenvalue weighted by Crippen LogP contribution is -2.34. The normalized spacial score (nSPS) is 23.3. The van der Waals surface area contributed by atoms with Crippen LogP contribution in [-0.4, -0.2) is 50.6 Å². The van der Waals surface area contributed by atoms with E-state index in [1.807, 2.05) is 0 Å². The van der Waals surface area contributed by atoms with Gasteiger partial charge in [0.1, 0.15) is 6.61 Å². The van der Waals surface area contributed by atoms with Crippen LogP contribution in [0.25, 0.3) is 0 Å². The molecule has 0 amide bonds. The van der Waals surface area contributed by atoms with Crippen molar-refractivity contribution in [3.8, 4) is 0 Å². The van der Waals surface area contributed by atoms with Gasteiger partial charge in [-0.3, -0.25) is 0 Å². The molecule has 0 aliphatic heterocycles. The highest BCUT2D eigenvalue weighted by Gasteiger charge is 2.23. The zero-order valence-corrected chi connectivity index (χ0v) is 11.9. The van der Waals surface area contributed by atoms with Crippen molar-refractivity contribution in [2.24, 2.45) is 11.8 Å². The molecule has 0 bridgehead atoms. The Labute approximate surface area is 115 Å². The molecule has 1 saturated carbocycles. The molecule has 0 spiro atoms. The third kappa shape index (κ3) is 6.89. The van der Waals surface area contributed by atoms with Crippen LogP contribution in [0.2, 0.25) is 0 Å². The molecule has 0 aromatic rings. The van der Waals surface area contributed by atoms with Crippen LogP contribution in [0.1, 0.15) is 32.6 Å². The minimum absolute atomic E-state index is 0.0260. The summed E-state index contributed by atoms with van der Waals surface area (Å²) in [6.07, 6.45) is 4.84. The number of aliphatic hydroxyl groups excluding tert-OH is 1. The van der Waals surface area contributed by atoms with Crippen LogP contribution in [0.4, 0.5) is 0 Å². The second-order valence-corrected chi connectivity index (χ2v) is 5.05. The second kappa shape index (κ2) is 10.2. The van der Waals surface area contributed by atoms with E-state index in [9.17, 15) is 9.90 Å². The first kappa shape index (κ1) is 16.4. The number of aliphatic hydroxyl groups is 1. The Morgan fingerprint density at radius 1 is 1.32 bits per heavy atom. The van der Waals surface area contributed by atoms with Gasteiger partial charge in [-0.05, 0) is 38.1 Å². The lowest BCUT2D eigenvalue weighted by Gasteiger charge is -2.30. The van der Waals surface area contributed by atoms with Gasteiger partial charge in [0.2, 0.25) is 0 Å². The zero-order valence-electron chi connectivity index (χ0n) is 11.9. The quantitative estimate of drug-likeness (QED) is 0.484. The Morgan fingerprint density at radius 3 is 2.74 bits per heavy atom. The highest BCUT2D eigenvalue weighted by atomic mass is 16.6. The van der Waals surface area contributed by atoms with Gasteiger partial charge in [-0.25, -0.2) is 4.79 Å². The van der Waals surface area contributed by atoms with Gasteiger partial charge < -0.3 is 19.9 Å². The van der Waals surface area contributed by atoms with E-state index < -0.39 is 0 Å². The molecular formula is C14H27NO4. The lowest BCUT2D eigenvalue weighted by atomic mass is 9.80. The molecule has 19 heavy (non-hydrogen) atoms. The van der Waals surface area contributed by atoms with E-state index >= 15 is 0 Å². The maximum atomic E-state index is 11.0. The Kier molecular flexibility index (Phi) is 8.79. The zero-order chi connectivity index (χ0) is 13.9. The summed E-state index contributed by atoms with van der Waals surface area (Å²) in [6, 6.07) is 0. The van der Waals surface area contributed by atoms with Gasteiger partial charge in [-0.2, -0.15) is 0 Å². The van der Waals surface area contributed by atoms with Crippen molar-refractivity contribution < 1.29 is 19.4 Å². The second-order valence-electron chi connectivity index (χ2n) is 5.05. The van der Waals surface area contributed by atoms with Crippen LogP contribution in [0.15, 0.2) is 0 Å². The number of nitrogens with one attached hydrogen (secondary N) is 1. The fraction of sp³-hybridized carbons (Fsp3) is 0.929. The van der Waals surface area contributed by atoms with Gasteiger partial charge in [0, 0.05) is 13.2 Å². The summed E-state index contributed by atoms with van der Waals surface area (Å²) in [5, 5.41) is 12.6. The Morgan fingerprint density at radius 2 is 2.05 bits per heavy atom. The first-order valence-electron chi connectivity index (χ1n) is 7.32. The summed E-state index contributed by atoms with van der Waals surface area (Å²) < 4.78 is 9.96. The first-order chi connectivity index (χ1) is 9.27. The van der Waals surface area contributed by atoms with Crippen LogP contribution in [0.3, 0.4) is 0 Å². The molecule has 0 radical (unpaired) electrons. The minimum atomic E-state index is -0.310. The highest BCUT2D eigenvalue weighted by molar-refractivity contribution is 5.70. The summed E-state index contributed by atoms with van der Waals surface area (Å²) in [6.45, 7) is 4.66. The largest absolute Gasteiger partial charge is 0.464 e. The molecule has 0 saturated heterocycles. The minimum Gasteiger partial charge on any atom is -0.464 e. The van der Waals surface area contributed by atoms with Crippen LogP contribution in [-0.2, 0) is 14.3 Å². The van der Waals surface area contributed by atoms with E-state index in [0.29, 0.717) is 31.7 Å². The van der Waals surface area contributed by atoms with E-state index in [2.05, 4.69) is 5.32 Å². The monoisotopic (exact) mass is 273 g/mol. The van der Waals surface area contributed by atoms with Gasteiger partial charge in [-0.15, -0.1) is 0 Å². The molecule has 5 heteroatoms. The highest BCUT2D eigenvalue weighted by Crippen LogP contribution is 2.28. The molecule has 1 fully saturated rings. The summed E-state index contributed by atoms with van der Waals surface area (Å²) in [5.41, 5.74) is 0. The SMILES string of the molecule is CCOC(=O)COCCNCC1CCCCC1CO. The Bertz CT molecular complexity index is 248. The van der Waals surface area contributed by atoms with E-state index in [4.69, 9.17) is 9.47 Å². The maximum Gasteiger partial charge on any atom is 0.332 e. The van der Waals surface area contributed by atoms with Crippen molar-refractivity contribution in [2.75, 3.05) is 39.5 Å². The molecule has 1 aliphatic carbocycles. The molecule has 2 unspecified atom stereocenters. The number of esters is 1. The summed E-state index contributed by atoms with van der Waals surface area (Å²) in [4.78, 5) is 11.0. The van der Waals surface area contributed by atoms with Crippen LogP contribution >= 0.6 is 0 Å². The number of hydrogen-bond donors (Lipinski definition) is 2. The topological polar surface area (TPSA) is 67.8 Å². The number of rotatable bonds is 9. The van der Waals surface area contributed by atoms with Gasteiger partial charge in [0.25, 0.3) is 0 Å². The molecule has 0 heterocycles. The average molecular weight is 273 g/mol. The van der Waals surface area contributed by atoms with Gasteiger partial charge in [-0.1, -0.05) is 12.8 Å². The predicted molar refractivity (Wildman–Crippen MR) is 72.9 cm³/mol. The van der Waals surface area contributed by atoms with E-state index in [0.717, 1.165) is 19.5 Å². The van der Waals surface area contributed by atoms with Gasteiger partial charge in [0.05, 0.1) is 13.2 Å². The average Bonchev–Trinajstić information content (AvgIpc) is 2.43. The molecule has 0 aromatic heterocycles. The van der Waals surface area contributed by atoms with Crippen LogP contribution in [0.5, 0.6) is 0 Å². The Balaban J connectivity index is 1.99.